The van der Waals surface area contributed by atoms with Crippen LogP contribution < -0.4 is 0 Å². The summed E-state index contributed by atoms with van der Waals surface area (Å²) < 4.78 is 12.8. The van der Waals surface area contributed by atoms with E-state index in [4.69, 9.17) is 0 Å². The van der Waals surface area contributed by atoms with Crippen LogP contribution in [0.2, 0.25) is 0 Å². The van der Waals surface area contributed by atoms with E-state index in [2.05, 4.69) is 29.5 Å². The lowest BCUT2D eigenvalue weighted by molar-refractivity contribution is 0.580. The second-order valence-electron chi connectivity index (χ2n) is 2.12. The smallest absolute Gasteiger partial charge is 0.227 e. The van der Waals surface area contributed by atoms with Crippen LogP contribution in [-0.2, 0) is 0 Å². The van der Waals surface area contributed by atoms with Gasteiger partial charge >= 0.3 is 0 Å². The Balaban J connectivity index is 2.77. The van der Waals surface area contributed by atoms with Gasteiger partial charge in [0.25, 0.3) is 0 Å². The van der Waals surface area contributed by atoms with Crippen molar-refractivity contribution in [2.75, 3.05) is 5.75 Å². The zero-order valence-electron chi connectivity index (χ0n) is 6.42. The van der Waals surface area contributed by atoms with Gasteiger partial charge in [-0.1, -0.05) is 11.8 Å². The minimum absolute atomic E-state index is 0.347. The molecule has 0 saturated heterocycles. The van der Waals surface area contributed by atoms with Gasteiger partial charge in [0.2, 0.25) is 5.95 Å². The highest BCUT2D eigenvalue weighted by Gasteiger charge is 1.95. The molecule has 0 N–H and O–H groups in total. The zero-order chi connectivity index (χ0) is 8.81. The van der Waals surface area contributed by atoms with Gasteiger partial charge in [-0.3, -0.25) is 0 Å². The number of nitrogens with zero attached hydrogens (tertiary/aromatic N) is 1. The van der Waals surface area contributed by atoms with Crippen LogP contribution in [0.1, 0.15) is 12.0 Å². The Hall–Kier alpha value is -1.01. The van der Waals surface area contributed by atoms with Crippen molar-refractivity contribution in [1.82, 2.24) is 4.98 Å². The third-order valence-corrected chi connectivity index (χ3v) is 1.44. The van der Waals surface area contributed by atoms with Crippen LogP contribution in [0, 0.1) is 17.8 Å². The normalized spacial score (nSPS) is 8.83. The Kier molecular flexibility index (Phi) is 3.62. The maximum absolute atomic E-state index is 12.8. The summed E-state index contributed by atoms with van der Waals surface area (Å²) in [6, 6.07) is 3.27. The lowest BCUT2D eigenvalue weighted by Gasteiger charge is -1.89. The molecule has 1 aromatic rings. The van der Waals surface area contributed by atoms with E-state index in [9.17, 15) is 4.39 Å². The second kappa shape index (κ2) is 4.78. The summed E-state index contributed by atoms with van der Waals surface area (Å²) in [6.07, 6.45) is 2.07. The molecule has 3 heteroatoms. The van der Waals surface area contributed by atoms with Crippen molar-refractivity contribution in [1.29, 1.82) is 0 Å². The van der Waals surface area contributed by atoms with E-state index in [1.54, 1.807) is 12.1 Å². The Bertz CT molecular complexity index is 314. The number of aromatic nitrogens is 1. The molecule has 1 aromatic heterocycles. The van der Waals surface area contributed by atoms with E-state index in [0.29, 0.717) is 17.7 Å². The molecule has 0 fully saturated rings. The van der Waals surface area contributed by atoms with Gasteiger partial charge < -0.3 is 0 Å². The highest BCUT2D eigenvalue weighted by molar-refractivity contribution is 7.80. The fraction of sp³-hybridized carbons (Fsp3) is 0.222. The van der Waals surface area contributed by atoms with Gasteiger partial charge in [0.1, 0.15) is 0 Å². The van der Waals surface area contributed by atoms with Crippen LogP contribution in [0.3, 0.4) is 0 Å². The molecule has 1 heterocycles. The molecule has 0 aliphatic rings. The van der Waals surface area contributed by atoms with Crippen molar-refractivity contribution in [3.05, 3.63) is 29.8 Å². The number of hydrogen-bond acceptors (Lipinski definition) is 2. The number of rotatable bonds is 1. The first-order valence-corrected chi connectivity index (χ1v) is 4.18. The van der Waals surface area contributed by atoms with Crippen molar-refractivity contribution < 1.29 is 4.39 Å². The van der Waals surface area contributed by atoms with E-state index in [-0.39, 0.29) is 0 Å². The van der Waals surface area contributed by atoms with Crippen molar-refractivity contribution in [2.45, 2.75) is 6.42 Å². The fourth-order valence-electron chi connectivity index (χ4n) is 0.693. The summed E-state index contributed by atoms with van der Waals surface area (Å²) in [5.74, 6) is 5.64. The molecule has 0 aliphatic heterocycles. The second-order valence-corrected chi connectivity index (χ2v) is 2.56. The largest absolute Gasteiger partial charge is 0.228 e. The van der Waals surface area contributed by atoms with Gasteiger partial charge in [-0.05, 0) is 12.1 Å². The SMILES string of the molecule is Fc1ncccc1C#CCCS. The monoisotopic (exact) mass is 181 g/mol. The highest BCUT2D eigenvalue weighted by Crippen LogP contribution is 1.99. The Labute approximate surface area is 76.4 Å². The van der Waals surface area contributed by atoms with E-state index < -0.39 is 5.95 Å². The summed E-state index contributed by atoms with van der Waals surface area (Å²) >= 11 is 3.98. The number of halogens is 1. The van der Waals surface area contributed by atoms with Crippen molar-refractivity contribution in [3.8, 4) is 11.8 Å². The molecule has 0 amide bonds. The third-order valence-electron chi connectivity index (χ3n) is 1.22. The first-order chi connectivity index (χ1) is 5.84. The number of thiol groups is 1. The van der Waals surface area contributed by atoms with E-state index >= 15 is 0 Å². The van der Waals surface area contributed by atoms with Crippen LogP contribution in [0.15, 0.2) is 18.3 Å². The minimum atomic E-state index is -0.510. The standard InChI is InChI=1S/C9H8FNS/c10-9-8(4-1-2-7-12)5-3-6-11-9/h3,5-6,12H,2,7H2. The van der Waals surface area contributed by atoms with Gasteiger partial charge in [-0.25, -0.2) is 4.98 Å². The first kappa shape index (κ1) is 9.08. The van der Waals surface area contributed by atoms with E-state index in [0.717, 1.165) is 0 Å². The third kappa shape index (κ3) is 2.55. The quantitative estimate of drug-likeness (QED) is 0.396. The van der Waals surface area contributed by atoms with E-state index in [1.165, 1.54) is 6.20 Å². The molecule has 1 nitrogen and oxygen atoms in total. The lowest BCUT2D eigenvalue weighted by atomic mass is 10.3. The van der Waals surface area contributed by atoms with Crippen LogP contribution in [0.25, 0.3) is 0 Å². The molecule has 0 radical (unpaired) electrons. The highest BCUT2D eigenvalue weighted by atomic mass is 32.1. The molecule has 62 valence electrons. The molecule has 0 atom stereocenters. The number of hydrogen-bond donors (Lipinski definition) is 1. The topological polar surface area (TPSA) is 12.9 Å². The summed E-state index contributed by atoms with van der Waals surface area (Å²) in [6.45, 7) is 0. The van der Waals surface area contributed by atoms with Gasteiger partial charge in [-0.2, -0.15) is 17.0 Å². The maximum Gasteiger partial charge on any atom is 0.228 e. The molecule has 0 unspecified atom stereocenters. The minimum Gasteiger partial charge on any atom is -0.227 e. The van der Waals surface area contributed by atoms with Crippen LogP contribution in [-0.4, -0.2) is 10.7 Å². The van der Waals surface area contributed by atoms with Gasteiger partial charge in [0.15, 0.2) is 0 Å². The van der Waals surface area contributed by atoms with Crippen LogP contribution in [0.4, 0.5) is 4.39 Å². The molecule has 1 rings (SSSR count). The van der Waals surface area contributed by atoms with Gasteiger partial charge in [-0.15, -0.1) is 0 Å². The average molecular weight is 181 g/mol. The fourth-order valence-corrected chi connectivity index (χ4v) is 0.805. The molecule has 0 bridgehead atoms. The molecule has 0 aliphatic carbocycles. The predicted molar refractivity (Wildman–Crippen MR) is 49.5 cm³/mol. The summed E-state index contributed by atoms with van der Waals surface area (Å²) in [7, 11) is 0. The molecular weight excluding hydrogens is 173 g/mol. The average Bonchev–Trinajstić information content (AvgIpc) is 2.09. The number of pyridine rings is 1. The molecule has 12 heavy (non-hydrogen) atoms. The predicted octanol–water partition coefficient (Wildman–Crippen LogP) is 1.89. The zero-order valence-corrected chi connectivity index (χ0v) is 7.31. The Morgan fingerprint density at radius 3 is 3.08 bits per heavy atom. The Morgan fingerprint density at radius 1 is 1.58 bits per heavy atom. The molecule has 0 saturated carbocycles. The van der Waals surface area contributed by atoms with E-state index in [1.807, 2.05) is 0 Å². The summed E-state index contributed by atoms with van der Waals surface area (Å²) in [4.78, 5) is 3.47. The molecular formula is C9H8FNS. The van der Waals surface area contributed by atoms with Crippen LogP contribution in [0.5, 0.6) is 0 Å². The Morgan fingerprint density at radius 2 is 2.42 bits per heavy atom. The van der Waals surface area contributed by atoms with Gasteiger partial charge in [0, 0.05) is 18.4 Å². The molecule has 0 aromatic carbocycles. The van der Waals surface area contributed by atoms with Crippen LogP contribution >= 0.6 is 12.6 Å². The maximum atomic E-state index is 12.8. The van der Waals surface area contributed by atoms with Crippen molar-refractivity contribution in [2.24, 2.45) is 0 Å². The lowest BCUT2D eigenvalue weighted by Crippen LogP contribution is -1.86. The first-order valence-electron chi connectivity index (χ1n) is 3.55. The van der Waals surface area contributed by atoms with Gasteiger partial charge in [0.05, 0.1) is 5.56 Å². The molecule has 0 spiro atoms. The summed E-state index contributed by atoms with van der Waals surface area (Å²) in [5, 5.41) is 0. The van der Waals surface area contributed by atoms with Crippen molar-refractivity contribution in [3.63, 3.8) is 0 Å². The van der Waals surface area contributed by atoms with Crippen molar-refractivity contribution >= 4 is 12.6 Å². The summed E-state index contributed by atoms with van der Waals surface area (Å²) in [5.41, 5.74) is 0.347.